The maximum atomic E-state index is 9.09. The lowest BCUT2D eigenvalue weighted by molar-refractivity contribution is 0.274. The highest BCUT2D eigenvalue weighted by Crippen LogP contribution is 2.21. The molecule has 6 heteroatoms. The van der Waals surface area contributed by atoms with Crippen molar-refractivity contribution in [2.24, 2.45) is 0 Å². The summed E-state index contributed by atoms with van der Waals surface area (Å²) in [5, 5.41) is 20.5. The molecule has 23 heavy (non-hydrogen) atoms. The zero-order valence-electron chi connectivity index (χ0n) is 12.7. The van der Waals surface area contributed by atoms with Crippen LogP contribution in [-0.4, -0.2) is 21.9 Å². The Morgan fingerprint density at radius 2 is 2.09 bits per heavy atom. The first-order chi connectivity index (χ1) is 11.4. The van der Waals surface area contributed by atoms with Gasteiger partial charge in [-0.05, 0) is 29.9 Å². The third kappa shape index (κ3) is 4.25. The summed E-state index contributed by atoms with van der Waals surface area (Å²) in [5.41, 5.74) is 2.15. The van der Waals surface area contributed by atoms with Crippen LogP contribution in [-0.2, 0) is 6.54 Å². The molecule has 3 rings (SSSR count). The fraction of sp³-hybridized carbons (Fsp3) is 0.294. The van der Waals surface area contributed by atoms with Crippen molar-refractivity contribution >= 4 is 11.3 Å². The Hall–Kier alpha value is -2.02. The number of hydrogen-bond donors (Lipinski definition) is 2. The highest BCUT2D eigenvalue weighted by atomic mass is 32.1. The molecular weight excluding hydrogens is 310 g/mol. The molecule has 120 valence electrons. The van der Waals surface area contributed by atoms with E-state index < -0.39 is 0 Å². The molecule has 2 aromatic heterocycles. The molecule has 0 saturated carbocycles. The monoisotopic (exact) mass is 329 g/mol. The van der Waals surface area contributed by atoms with E-state index in [0.29, 0.717) is 18.3 Å². The van der Waals surface area contributed by atoms with Crippen molar-refractivity contribution in [3.05, 3.63) is 58.5 Å². The van der Waals surface area contributed by atoms with Gasteiger partial charge in [0.05, 0.1) is 12.1 Å². The van der Waals surface area contributed by atoms with Crippen molar-refractivity contribution in [1.29, 1.82) is 0 Å². The van der Waals surface area contributed by atoms with Crippen molar-refractivity contribution < 1.29 is 9.63 Å². The summed E-state index contributed by atoms with van der Waals surface area (Å²) in [5.74, 6) is 1.19. The van der Waals surface area contributed by atoms with Crippen LogP contribution in [0, 0.1) is 0 Å². The van der Waals surface area contributed by atoms with Crippen LogP contribution in [0.25, 0.3) is 11.5 Å². The Bertz CT molecular complexity index is 698. The average molecular weight is 329 g/mol. The molecule has 3 aromatic rings. The van der Waals surface area contributed by atoms with Crippen molar-refractivity contribution in [3.8, 4) is 11.5 Å². The van der Waals surface area contributed by atoms with Crippen molar-refractivity contribution in [1.82, 2.24) is 15.5 Å². The van der Waals surface area contributed by atoms with Gasteiger partial charge < -0.3 is 14.9 Å². The molecular formula is C17H19N3O2S. The van der Waals surface area contributed by atoms with E-state index in [9.17, 15) is 0 Å². The second-order valence-electron chi connectivity index (χ2n) is 5.24. The van der Waals surface area contributed by atoms with Gasteiger partial charge >= 0.3 is 0 Å². The molecule has 5 nitrogen and oxygen atoms in total. The molecule has 1 unspecified atom stereocenters. The van der Waals surface area contributed by atoms with Crippen LogP contribution >= 0.6 is 11.3 Å². The van der Waals surface area contributed by atoms with Crippen LogP contribution in [0.5, 0.6) is 0 Å². The molecule has 0 aliphatic rings. The second kappa shape index (κ2) is 8.01. The highest BCUT2D eigenvalue weighted by Gasteiger charge is 2.13. The van der Waals surface area contributed by atoms with E-state index in [1.807, 2.05) is 35.0 Å². The minimum atomic E-state index is 0.159. The summed E-state index contributed by atoms with van der Waals surface area (Å²) in [7, 11) is 0. The maximum Gasteiger partial charge on any atom is 0.258 e. The Kier molecular flexibility index (Phi) is 5.52. The van der Waals surface area contributed by atoms with E-state index in [4.69, 9.17) is 9.63 Å². The van der Waals surface area contributed by atoms with Crippen LogP contribution in [0.1, 0.15) is 30.3 Å². The number of aliphatic hydroxyl groups is 1. The second-order valence-corrected chi connectivity index (χ2v) is 6.02. The summed E-state index contributed by atoms with van der Waals surface area (Å²) in [6, 6.07) is 12.3. The fourth-order valence-electron chi connectivity index (χ4n) is 2.41. The standard InChI is InChI=1S/C17H19N3O2S/c21-9-4-7-15(13-5-2-1-3-6-13)18-11-16-19-17(22-20-16)14-8-10-23-12-14/h1-3,5-6,8,10,12,15,18,21H,4,7,9,11H2. The minimum Gasteiger partial charge on any atom is -0.396 e. The molecule has 0 radical (unpaired) electrons. The Labute approximate surface area is 139 Å². The third-order valence-electron chi connectivity index (χ3n) is 3.60. The zero-order valence-corrected chi connectivity index (χ0v) is 13.5. The molecule has 1 atom stereocenters. The van der Waals surface area contributed by atoms with Crippen molar-refractivity contribution in [3.63, 3.8) is 0 Å². The SMILES string of the molecule is OCCCC(NCc1noc(-c2ccsc2)n1)c1ccccc1. The topological polar surface area (TPSA) is 71.2 Å². The summed E-state index contributed by atoms with van der Waals surface area (Å²) in [6.45, 7) is 0.716. The van der Waals surface area contributed by atoms with Gasteiger partial charge in [0.25, 0.3) is 5.89 Å². The smallest absolute Gasteiger partial charge is 0.258 e. The molecule has 0 bridgehead atoms. The summed E-state index contributed by atoms with van der Waals surface area (Å²) < 4.78 is 5.29. The largest absolute Gasteiger partial charge is 0.396 e. The van der Waals surface area contributed by atoms with Gasteiger partial charge in [-0.2, -0.15) is 16.3 Å². The zero-order chi connectivity index (χ0) is 15.9. The van der Waals surface area contributed by atoms with Crippen LogP contribution in [0.2, 0.25) is 0 Å². The molecule has 0 saturated heterocycles. The predicted molar refractivity (Wildman–Crippen MR) is 90.0 cm³/mol. The lowest BCUT2D eigenvalue weighted by atomic mass is 10.0. The van der Waals surface area contributed by atoms with E-state index in [2.05, 4.69) is 27.6 Å². The summed E-state index contributed by atoms with van der Waals surface area (Å²) in [4.78, 5) is 4.42. The van der Waals surface area contributed by atoms with Crippen LogP contribution in [0.3, 0.4) is 0 Å². The molecule has 0 aliphatic heterocycles. The number of nitrogens with one attached hydrogen (secondary N) is 1. The van der Waals surface area contributed by atoms with Crippen LogP contribution in [0.15, 0.2) is 51.7 Å². The first-order valence-electron chi connectivity index (χ1n) is 7.61. The first kappa shape index (κ1) is 15.9. The first-order valence-corrected chi connectivity index (χ1v) is 8.55. The number of nitrogens with zero attached hydrogens (tertiary/aromatic N) is 2. The van der Waals surface area contributed by atoms with Crippen LogP contribution < -0.4 is 5.32 Å². The maximum absolute atomic E-state index is 9.09. The number of thiophene rings is 1. The number of aromatic nitrogens is 2. The normalized spacial score (nSPS) is 12.4. The van der Waals surface area contributed by atoms with Crippen molar-refractivity contribution in [2.75, 3.05) is 6.61 Å². The number of aliphatic hydroxyl groups excluding tert-OH is 1. The Morgan fingerprint density at radius 1 is 1.22 bits per heavy atom. The lowest BCUT2D eigenvalue weighted by Crippen LogP contribution is -2.22. The predicted octanol–water partition coefficient (Wildman–Crippen LogP) is 3.40. The third-order valence-corrected chi connectivity index (χ3v) is 4.28. The van der Waals surface area contributed by atoms with Crippen molar-refractivity contribution in [2.45, 2.75) is 25.4 Å². The summed E-state index contributed by atoms with van der Waals surface area (Å²) in [6.07, 6.45) is 1.61. The average Bonchev–Trinajstić information content (AvgIpc) is 3.27. The van der Waals surface area contributed by atoms with Crippen LogP contribution in [0.4, 0.5) is 0 Å². The minimum absolute atomic E-state index is 0.159. The van der Waals surface area contributed by atoms with Gasteiger partial charge in [-0.25, -0.2) is 0 Å². The molecule has 2 N–H and O–H groups in total. The van der Waals surface area contributed by atoms with Gasteiger partial charge in [0.1, 0.15) is 0 Å². The number of rotatable bonds is 8. The Morgan fingerprint density at radius 3 is 2.83 bits per heavy atom. The molecule has 0 amide bonds. The van der Waals surface area contributed by atoms with Gasteiger partial charge in [0.2, 0.25) is 0 Å². The number of hydrogen-bond acceptors (Lipinski definition) is 6. The van der Waals surface area contributed by atoms with Gasteiger partial charge in [-0.15, -0.1) is 0 Å². The van der Waals surface area contributed by atoms with Gasteiger partial charge in [-0.1, -0.05) is 35.5 Å². The van der Waals surface area contributed by atoms with Gasteiger partial charge in [0.15, 0.2) is 5.82 Å². The molecule has 2 heterocycles. The molecule has 0 fully saturated rings. The van der Waals surface area contributed by atoms with E-state index in [-0.39, 0.29) is 12.6 Å². The van der Waals surface area contributed by atoms with E-state index in [1.54, 1.807) is 11.3 Å². The molecule has 0 aliphatic carbocycles. The quantitative estimate of drug-likeness (QED) is 0.663. The van der Waals surface area contributed by atoms with E-state index in [0.717, 1.165) is 18.4 Å². The Balaban J connectivity index is 1.64. The summed E-state index contributed by atoms with van der Waals surface area (Å²) >= 11 is 1.60. The number of benzene rings is 1. The fourth-order valence-corrected chi connectivity index (χ4v) is 3.04. The van der Waals surface area contributed by atoms with E-state index in [1.165, 1.54) is 5.56 Å². The highest BCUT2D eigenvalue weighted by molar-refractivity contribution is 7.08. The van der Waals surface area contributed by atoms with E-state index >= 15 is 0 Å². The molecule has 0 spiro atoms. The van der Waals surface area contributed by atoms with Gasteiger partial charge in [-0.3, -0.25) is 0 Å². The molecule has 1 aromatic carbocycles. The van der Waals surface area contributed by atoms with Gasteiger partial charge in [0, 0.05) is 18.0 Å². The lowest BCUT2D eigenvalue weighted by Gasteiger charge is -2.17.